The Morgan fingerprint density at radius 3 is 2.50 bits per heavy atom. The van der Waals surface area contributed by atoms with Gasteiger partial charge < -0.3 is 14.7 Å². The van der Waals surface area contributed by atoms with Crippen molar-refractivity contribution in [3.8, 4) is 34.1 Å². The van der Waals surface area contributed by atoms with Crippen molar-refractivity contribution in [3.05, 3.63) is 89.6 Å². The minimum Gasteiger partial charge on any atom is -0.497 e. The molecule has 0 aliphatic carbocycles. The van der Waals surface area contributed by atoms with Crippen LogP contribution in [0.15, 0.2) is 72.8 Å². The summed E-state index contributed by atoms with van der Waals surface area (Å²) < 4.78 is 6.98. The number of hydrogen-bond donors (Lipinski definition) is 2. The van der Waals surface area contributed by atoms with Crippen molar-refractivity contribution >= 4 is 11.6 Å². The lowest BCUT2D eigenvalue weighted by Gasteiger charge is -2.28. The summed E-state index contributed by atoms with van der Waals surface area (Å²) in [5.41, 5.74) is 6.82. The van der Waals surface area contributed by atoms with Gasteiger partial charge in [0.25, 0.3) is 5.91 Å². The van der Waals surface area contributed by atoms with Crippen molar-refractivity contribution in [2.24, 2.45) is 0 Å². The molecule has 0 saturated carbocycles. The van der Waals surface area contributed by atoms with Crippen molar-refractivity contribution in [2.75, 3.05) is 31.6 Å². The van der Waals surface area contributed by atoms with E-state index in [2.05, 4.69) is 55.9 Å². The fourth-order valence-corrected chi connectivity index (χ4v) is 5.92. The fraction of sp³-hybridized carbons (Fsp3) is 0.258. The van der Waals surface area contributed by atoms with E-state index in [-0.39, 0.29) is 12.0 Å². The second-order valence-corrected chi connectivity index (χ2v) is 10.6. The van der Waals surface area contributed by atoms with Gasteiger partial charge in [-0.3, -0.25) is 9.69 Å². The number of likely N-dealkylation sites (tertiary alicyclic amines) is 1. The number of carbonyl (C=O) groups is 1. The summed E-state index contributed by atoms with van der Waals surface area (Å²) in [7, 11) is 1.61. The maximum Gasteiger partial charge on any atom is 0.277 e. The largest absolute Gasteiger partial charge is 0.497 e. The molecule has 0 bridgehead atoms. The summed E-state index contributed by atoms with van der Waals surface area (Å²) in [6.45, 7) is 2.89. The maximum absolute atomic E-state index is 14.1. The van der Waals surface area contributed by atoms with Gasteiger partial charge in [-0.25, -0.2) is 4.68 Å². The summed E-state index contributed by atoms with van der Waals surface area (Å²) in [6.07, 6.45) is 1.16. The number of anilines is 1. The zero-order valence-corrected chi connectivity index (χ0v) is 23.1. The molecule has 1 fully saturated rings. The minimum atomic E-state index is -0.247. The van der Waals surface area contributed by atoms with Crippen molar-refractivity contribution in [2.45, 2.75) is 25.5 Å². The van der Waals surface area contributed by atoms with E-state index in [1.165, 1.54) is 5.56 Å². The van der Waals surface area contributed by atoms with Gasteiger partial charge >= 0.3 is 0 Å². The average molecular weight is 563 g/mol. The van der Waals surface area contributed by atoms with Crippen molar-refractivity contribution in [1.29, 1.82) is 0 Å². The molecule has 7 rings (SSSR count). The average Bonchev–Trinajstić information content (AvgIpc) is 3.79. The Bertz CT molecular complexity index is 1710. The number of aliphatic hydroxyl groups excluding tert-OH is 1. The molecule has 42 heavy (non-hydrogen) atoms. The van der Waals surface area contributed by atoms with E-state index in [4.69, 9.17) is 9.84 Å². The molecule has 2 aliphatic heterocycles. The van der Waals surface area contributed by atoms with Crippen LogP contribution in [0.3, 0.4) is 0 Å². The predicted octanol–water partition coefficient (Wildman–Crippen LogP) is 3.50. The van der Waals surface area contributed by atoms with Gasteiger partial charge in [-0.1, -0.05) is 36.4 Å². The first-order valence-corrected chi connectivity index (χ1v) is 14.0. The number of nitrogens with zero attached hydrogens (tertiary/aromatic N) is 7. The van der Waals surface area contributed by atoms with E-state index >= 15 is 0 Å². The number of tetrazole rings is 1. The molecular weight excluding hydrogens is 532 g/mol. The molecule has 0 radical (unpaired) electrons. The van der Waals surface area contributed by atoms with E-state index in [0.29, 0.717) is 42.5 Å². The van der Waals surface area contributed by atoms with Gasteiger partial charge in [0.1, 0.15) is 17.1 Å². The number of rotatable bonds is 7. The highest BCUT2D eigenvalue weighted by atomic mass is 16.5. The number of benzene rings is 3. The van der Waals surface area contributed by atoms with Crippen LogP contribution in [0.4, 0.5) is 5.69 Å². The molecule has 1 atom stereocenters. The molecule has 2 aliphatic rings. The van der Waals surface area contributed by atoms with Crippen LogP contribution in [0.25, 0.3) is 28.3 Å². The molecule has 11 heteroatoms. The van der Waals surface area contributed by atoms with Crippen LogP contribution >= 0.6 is 0 Å². The highest BCUT2D eigenvalue weighted by Crippen LogP contribution is 2.34. The number of amides is 1. The summed E-state index contributed by atoms with van der Waals surface area (Å²) in [4.78, 5) is 18.2. The Kier molecular flexibility index (Phi) is 6.73. The molecule has 2 aromatic heterocycles. The molecule has 4 heterocycles. The van der Waals surface area contributed by atoms with Crippen molar-refractivity contribution < 1.29 is 14.6 Å². The molecule has 11 nitrogen and oxygen atoms in total. The Hall–Kier alpha value is -4.87. The fourth-order valence-electron chi connectivity index (χ4n) is 5.92. The number of carbonyl (C=O) groups excluding carboxylic acids is 1. The SMILES string of the molecule is COc1ccc(-n2nc(-c3nn[nH]n3)c3c2C(=O)N(c2ccc(-c4ccccc4CN4CC[C@@H](O)C4)cc2)CC3)cc1. The Labute approximate surface area is 242 Å². The lowest BCUT2D eigenvalue weighted by Crippen LogP contribution is -2.38. The number of fused-ring (bicyclic) bond motifs is 1. The van der Waals surface area contributed by atoms with Gasteiger partial charge in [0, 0.05) is 37.4 Å². The van der Waals surface area contributed by atoms with Crippen LogP contribution in [-0.4, -0.2) is 79.2 Å². The Morgan fingerprint density at radius 1 is 1.00 bits per heavy atom. The number of aromatic nitrogens is 6. The number of methoxy groups -OCH3 is 1. The highest BCUT2D eigenvalue weighted by molar-refractivity contribution is 6.08. The molecule has 5 aromatic rings. The zero-order chi connectivity index (χ0) is 28.6. The van der Waals surface area contributed by atoms with E-state index in [1.54, 1.807) is 16.7 Å². The standard InChI is InChI=1S/C31H30N8O3/c1-42-25-12-10-23(11-13-25)39-29-27(28(34-39)30-32-35-36-33-30)15-17-38(31(29)41)22-8-6-20(7-9-22)26-5-3-2-4-21(26)18-37-16-14-24(40)19-37/h2-13,24,40H,14-19H2,1H3,(H,32,33,35,36)/t24-/m1/s1. The molecule has 2 N–H and O–H groups in total. The molecule has 0 spiro atoms. The number of β-amino-alcohol motifs (C(OH)–C–C–N with tert-alkyl or cyclic N) is 1. The lowest BCUT2D eigenvalue weighted by molar-refractivity contribution is 0.0973. The van der Waals surface area contributed by atoms with Gasteiger partial charge in [0.15, 0.2) is 0 Å². The normalized spacial score (nSPS) is 17.0. The maximum atomic E-state index is 14.1. The van der Waals surface area contributed by atoms with Crippen molar-refractivity contribution in [1.82, 2.24) is 35.3 Å². The highest BCUT2D eigenvalue weighted by Gasteiger charge is 2.34. The smallest absolute Gasteiger partial charge is 0.277 e. The van der Waals surface area contributed by atoms with Crippen LogP contribution < -0.4 is 9.64 Å². The van der Waals surface area contributed by atoms with Crippen LogP contribution in [-0.2, 0) is 13.0 Å². The third-order valence-corrected chi connectivity index (χ3v) is 8.04. The first kappa shape index (κ1) is 26.1. The Morgan fingerprint density at radius 2 is 1.79 bits per heavy atom. The van der Waals surface area contributed by atoms with Gasteiger partial charge in [-0.05, 0) is 71.1 Å². The molecule has 1 saturated heterocycles. The van der Waals surface area contributed by atoms with Gasteiger partial charge in [-0.15, -0.1) is 10.2 Å². The number of hydrogen-bond acceptors (Lipinski definition) is 8. The molecule has 212 valence electrons. The first-order chi connectivity index (χ1) is 20.6. The summed E-state index contributed by atoms with van der Waals surface area (Å²) in [5.74, 6) is 0.923. The molecular formula is C31H30N8O3. The van der Waals surface area contributed by atoms with Crippen LogP contribution in [0.5, 0.6) is 5.75 Å². The topological polar surface area (TPSA) is 125 Å². The molecule has 0 unspecified atom stereocenters. The first-order valence-electron chi connectivity index (χ1n) is 14.0. The van der Waals surface area contributed by atoms with Crippen LogP contribution in [0.2, 0.25) is 0 Å². The van der Waals surface area contributed by atoms with Crippen molar-refractivity contribution in [3.63, 3.8) is 0 Å². The van der Waals surface area contributed by atoms with Gasteiger partial charge in [0.2, 0.25) is 5.82 Å². The van der Waals surface area contributed by atoms with E-state index in [0.717, 1.165) is 47.6 Å². The summed E-state index contributed by atoms with van der Waals surface area (Å²) in [5, 5.41) is 29.2. The number of H-pyrrole nitrogens is 1. The monoisotopic (exact) mass is 562 g/mol. The van der Waals surface area contributed by atoms with Crippen LogP contribution in [0, 0.1) is 0 Å². The predicted molar refractivity (Wildman–Crippen MR) is 156 cm³/mol. The number of aromatic amines is 1. The quantitative estimate of drug-likeness (QED) is 0.309. The summed E-state index contributed by atoms with van der Waals surface area (Å²) >= 11 is 0. The van der Waals surface area contributed by atoms with Gasteiger partial charge in [0.05, 0.1) is 18.9 Å². The second kappa shape index (κ2) is 10.8. The number of aliphatic hydroxyl groups is 1. The zero-order valence-electron chi connectivity index (χ0n) is 23.1. The molecule has 3 aromatic carbocycles. The van der Waals surface area contributed by atoms with E-state index in [9.17, 15) is 9.90 Å². The number of ether oxygens (including phenoxy) is 1. The van der Waals surface area contributed by atoms with Gasteiger partial charge in [-0.2, -0.15) is 10.3 Å². The Balaban J connectivity index is 1.20. The van der Waals surface area contributed by atoms with Crippen LogP contribution in [0.1, 0.15) is 28.0 Å². The van der Waals surface area contributed by atoms with E-state index < -0.39 is 0 Å². The van der Waals surface area contributed by atoms with E-state index in [1.807, 2.05) is 42.5 Å². The minimum absolute atomic E-state index is 0.143. The number of nitrogens with one attached hydrogen (secondary N) is 1. The lowest BCUT2D eigenvalue weighted by atomic mass is 9.98. The summed E-state index contributed by atoms with van der Waals surface area (Å²) in [6, 6.07) is 23.9. The second-order valence-electron chi connectivity index (χ2n) is 10.6. The third-order valence-electron chi connectivity index (χ3n) is 8.04. The molecule has 1 amide bonds. The third kappa shape index (κ3) is 4.72.